The minimum absolute atomic E-state index is 0.602. The van der Waals surface area contributed by atoms with Gasteiger partial charge in [-0.15, -0.1) is 0 Å². The summed E-state index contributed by atoms with van der Waals surface area (Å²) in [5, 5.41) is 3.66. The second-order valence-electron chi connectivity index (χ2n) is 5.81. The monoisotopic (exact) mass is 244 g/mol. The van der Waals surface area contributed by atoms with E-state index in [1.807, 2.05) is 0 Å². The molecule has 2 aliphatic rings. The summed E-state index contributed by atoms with van der Waals surface area (Å²) in [5.74, 6) is 0. The molecule has 1 heterocycles. The average Bonchev–Trinajstić information content (AvgIpc) is 3.22. The molecule has 0 spiro atoms. The first kappa shape index (κ1) is 12.0. The van der Waals surface area contributed by atoms with E-state index in [-0.39, 0.29) is 0 Å². The van der Waals surface area contributed by atoms with Crippen molar-refractivity contribution in [2.45, 2.75) is 51.1 Å². The van der Waals surface area contributed by atoms with Gasteiger partial charge in [0.1, 0.15) is 0 Å². The van der Waals surface area contributed by atoms with Gasteiger partial charge in [0.05, 0.1) is 0 Å². The molecular weight excluding hydrogens is 220 g/mol. The van der Waals surface area contributed by atoms with Crippen LogP contribution >= 0.6 is 0 Å². The van der Waals surface area contributed by atoms with Crippen molar-refractivity contribution in [3.05, 3.63) is 29.8 Å². The van der Waals surface area contributed by atoms with Gasteiger partial charge in [-0.05, 0) is 50.7 Å². The van der Waals surface area contributed by atoms with Gasteiger partial charge in [-0.25, -0.2) is 0 Å². The Labute approximate surface area is 110 Å². The highest BCUT2D eigenvalue weighted by Gasteiger charge is 2.24. The third-order valence-corrected chi connectivity index (χ3v) is 4.21. The zero-order valence-corrected chi connectivity index (χ0v) is 11.4. The molecule has 1 aromatic rings. The van der Waals surface area contributed by atoms with E-state index in [1.54, 1.807) is 0 Å². The quantitative estimate of drug-likeness (QED) is 0.876. The molecule has 2 heteroatoms. The van der Waals surface area contributed by atoms with Crippen molar-refractivity contribution >= 4 is 5.69 Å². The number of nitrogens with one attached hydrogen (secondary N) is 1. The van der Waals surface area contributed by atoms with Crippen LogP contribution in [0.3, 0.4) is 0 Å². The van der Waals surface area contributed by atoms with E-state index in [2.05, 4.69) is 41.4 Å². The summed E-state index contributed by atoms with van der Waals surface area (Å²) in [6.07, 6.45) is 6.65. The molecule has 18 heavy (non-hydrogen) atoms. The molecule has 1 aromatic carbocycles. The maximum Gasteiger partial charge on any atom is 0.0401 e. The van der Waals surface area contributed by atoms with E-state index < -0.39 is 0 Å². The van der Waals surface area contributed by atoms with Gasteiger partial charge in [0.2, 0.25) is 0 Å². The maximum absolute atomic E-state index is 3.66. The van der Waals surface area contributed by atoms with Crippen LogP contribution in [0.15, 0.2) is 24.3 Å². The number of anilines is 1. The van der Waals surface area contributed by atoms with Gasteiger partial charge in [0.25, 0.3) is 0 Å². The number of fused-ring (bicyclic) bond motifs is 1. The highest BCUT2D eigenvalue weighted by molar-refractivity contribution is 5.55. The normalized spacial score (nSPS) is 21.3. The van der Waals surface area contributed by atoms with Gasteiger partial charge in [-0.2, -0.15) is 0 Å². The molecule has 1 saturated carbocycles. The Morgan fingerprint density at radius 2 is 2.11 bits per heavy atom. The van der Waals surface area contributed by atoms with Crippen LogP contribution in [0.4, 0.5) is 5.69 Å². The molecule has 0 amide bonds. The Morgan fingerprint density at radius 1 is 1.28 bits per heavy atom. The smallest absolute Gasteiger partial charge is 0.0401 e. The Morgan fingerprint density at radius 3 is 2.94 bits per heavy atom. The van der Waals surface area contributed by atoms with Gasteiger partial charge >= 0.3 is 0 Å². The first-order valence-electron chi connectivity index (χ1n) is 7.42. The molecular formula is C16H24N2. The predicted molar refractivity (Wildman–Crippen MR) is 77.2 cm³/mol. The topological polar surface area (TPSA) is 15.3 Å². The van der Waals surface area contributed by atoms with E-state index in [0.717, 1.165) is 12.6 Å². The van der Waals surface area contributed by atoms with E-state index in [1.165, 1.54) is 49.9 Å². The van der Waals surface area contributed by atoms with Gasteiger partial charge in [-0.1, -0.05) is 18.2 Å². The molecule has 1 N–H and O–H groups in total. The van der Waals surface area contributed by atoms with Crippen LogP contribution in [0.25, 0.3) is 0 Å². The molecule has 1 unspecified atom stereocenters. The molecule has 3 rings (SSSR count). The Hall–Kier alpha value is -1.02. The molecule has 0 aromatic heterocycles. The highest BCUT2D eigenvalue weighted by Crippen LogP contribution is 2.28. The van der Waals surface area contributed by atoms with E-state index in [9.17, 15) is 0 Å². The fourth-order valence-electron chi connectivity index (χ4n) is 2.91. The van der Waals surface area contributed by atoms with Crippen LogP contribution in [0.5, 0.6) is 0 Å². The number of rotatable bonds is 4. The van der Waals surface area contributed by atoms with Gasteiger partial charge in [0, 0.05) is 30.9 Å². The lowest BCUT2D eigenvalue weighted by atomic mass is 10.1. The largest absolute Gasteiger partial charge is 0.367 e. The van der Waals surface area contributed by atoms with Gasteiger partial charge < -0.3 is 10.2 Å². The van der Waals surface area contributed by atoms with Crippen LogP contribution in [0.2, 0.25) is 0 Å². The summed E-state index contributed by atoms with van der Waals surface area (Å²) in [4.78, 5) is 2.61. The molecule has 1 fully saturated rings. The average molecular weight is 244 g/mol. The van der Waals surface area contributed by atoms with Crippen LogP contribution in [-0.4, -0.2) is 25.2 Å². The molecule has 1 aliphatic heterocycles. The van der Waals surface area contributed by atoms with Crippen molar-refractivity contribution < 1.29 is 0 Å². The fraction of sp³-hybridized carbons (Fsp3) is 0.625. The minimum Gasteiger partial charge on any atom is -0.367 e. The van der Waals surface area contributed by atoms with Crippen LogP contribution in [0, 0.1) is 0 Å². The van der Waals surface area contributed by atoms with Crippen molar-refractivity contribution in [2.75, 3.05) is 18.0 Å². The number of nitrogens with zero attached hydrogens (tertiary/aromatic N) is 1. The van der Waals surface area contributed by atoms with E-state index in [4.69, 9.17) is 0 Å². The second-order valence-corrected chi connectivity index (χ2v) is 5.81. The fourth-order valence-corrected chi connectivity index (χ4v) is 2.91. The number of aryl methyl sites for hydroxylation is 1. The summed E-state index contributed by atoms with van der Waals surface area (Å²) < 4.78 is 0. The van der Waals surface area contributed by atoms with Crippen molar-refractivity contribution in [2.24, 2.45) is 0 Å². The summed E-state index contributed by atoms with van der Waals surface area (Å²) >= 11 is 0. The maximum atomic E-state index is 3.66. The zero-order chi connectivity index (χ0) is 12.4. The first-order chi connectivity index (χ1) is 8.84. The summed E-state index contributed by atoms with van der Waals surface area (Å²) in [6, 6.07) is 10.4. The van der Waals surface area contributed by atoms with Gasteiger partial charge in [-0.3, -0.25) is 0 Å². The Bertz CT molecular complexity index is 398. The summed E-state index contributed by atoms with van der Waals surface area (Å²) in [7, 11) is 0. The van der Waals surface area contributed by atoms with E-state index in [0.29, 0.717) is 6.04 Å². The molecule has 0 radical (unpaired) electrons. The number of hydrogen-bond acceptors (Lipinski definition) is 2. The SMILES string of the molecule is CC(CNC1CC1)N1CCCCc2ccccc21. The molecule has 2 nitrogen and oxygen atoms in total. The van der Waals surface area contributed by atoms with Crippen molar-refractivity contribution in [3.63, 3.8) is 0 Å². The lowest BCUT2D eigenvalue weighted by Gasteiger charge is -2.31. The molecule has 0 saturated heterocycles. The van der Waals surface area contributed by atoms with E-state index >= 15 is 0 Å². The standard InChI is InChI=1S/C16H24N2/c1-13(12-17-15-9-10-15)18-11-5-4-7-14-6-2-3-8-16(14)18/h2-3,6,8,13,15,17H,4-5,7,9-12H2,1H3. The third kappa shape index (κ3) is 2.69. The zero-order valence-electron chi connectivity index (χ0n) is 11.4. The molecule has 1 aliphatic carbocycles. The molecule has 98 valence electrons. The number of hydrogen-bond donors (Lipinski definition) is 1. The Balaban J connectivity index is 1.73. The third-order valence-electron chi connectivity index (χ3n) is 4.21. The number of benzene rings is 1. The summed E-state index contributed by atoms with van der Waals surface area (Å²) in [6.45, 7) is 4.70. The lowest BCUT2D eigenvalue weighted by molar-refractivity contribution is 0.552. The van der Waals surface area contributed by atoms with Crippen molar-refractivity contribution in [3.8, 4) is 0 Å². The predicted octanol–water partition coefficient (Wildman–Crippen LogP) is 2.97. The Kier molecular flexibility index (Phi) is 3.55. The van der Waals surface area contributed by atoms with Gasteiger partial charge in [0.15, 0.2) is 0 Å². The second kappa shape index (κ2) is 5.31. The number of para-hydroxylation sites is 1. The summed E-state index contributed by atoms with van der Waals surface area (Å²) in [5.41, 5.74) is 3.01. The van der Waals surface area contributed by atoms with Crippen LogP contribution in [0.1, 0.15) is 38.2 Å². The van der Waals surface area contributed by atoms with Crippen molar-refractivity contribution in [1.82, 2.24) is 5.32 Å². The van der Waals surface area contributed by atoms with Crippen LogP contribution < -0.4 is 10.2 Å². The molecule has 1 atom stereocenters. The minimum atomic E-state index is 0.602. The first-order valence-corrected chi connectivity index (χ1v) is 7.42. The molecule has 0 bridgehead atoms. The highest BCUT2D eigenvalue weighted by atomic mass is 15.2. The van der Waals surface area contributed by atoms with Crippen LogP contribution in [-0.2, 0) is 6.42 Å². The van der Waals surface area contributed by atoms with Crippen molar-refractivity contribution in [1.29, 1.82) is 0 Å². The lowest BCUT2D eigenvalue weighted by Crippen LogP contribution is -2.41.